The van der Waals surface area contributed by atoms with Crippen molar-refractivity contribution in [1.29, 1.82) is 0 Å². The number of rotatable bonds is 6. The molecule has 6 heteroatoms. The second-order valence-corrected chi connectivity index (χ2v) is 4.21. The first-order chi connectivity index (χ1) is 9.84. The Morgan fingerprint density at radius 2 is 1.90 bits per heavy atom. The van der Waals surface area contributed by atoms with Gasteiger partial charge in [-0.25, -0.2) is 14.4 Å². The molecule has 0 aromatic heterocycles. The van der Waals surface area contributed by atoms with Gasteiger partial charge in [-0.3, -0.25) is 0 Å². The van der Waals surface area contributed by atoms with Gasteiger partial charge in [0.2, 0.25) is 0 Å². The van der Waals surface area contributed by atoms with Crippen LogP contribution in [0.1, 0.15) is 33.2 Å². The number of hydrogen-bond donors (Lipinski definition) is 2. The van der Waals surface area contributed by atoms with Crippen molar-refractivity contribution in [2.45, 2.75) is 13.3 Å². The van der Waals surface area contributed by atoms with Crippen molar-refractivity contribution in [2.75, 3.05) is 0 Å². The number of carboxylic acids is 2. The first-order valence-electron chi connectivity index (χ1n) is 5.94. The maximum atomic E-state index is 11.2. The largest absolute Gasteiger partial charge is 0.478 e. The lowest BCUT2D eigenvalue weighted by Crippen LogP contribution is -2.11. The fraction of sp³-hybridized carbons (Fsp3) is 0.133. The number of ether oxygens (including phenoxy) is 1. The highest BCUT2D eigenvalue weighted by Gasteiger charge is 2.18. The van der Waals surface area contributed by atoms with Crippen molar-refractivity contribution in [2.24, 2.45) is 0 Å². The molecule has 0 aliphatic carbocycles. The van der Waals surface area contributed by atoms with E-state index in [1.54, 1.807) is 0 Å². The Morgan fingerprint density at radius 1 is 1.24 bits per heavy atom. The molecular formula is C15H14O6. The smallest absolute Gasteiger partial charge is 0.337 e. The van der Waals surface area contributed by atoms with Crippen molar-refractivity contribution in [3.8, 4) is 0 Å². The lowest BCUT2D eigenvalue weighted by molar-refractivity contribution is -0.133. The van der Waals surface area contributed by atoms with Crippen LogP contribution < -0.4 is 0 Å². The van der Waals surface area contributed by atoms with E-state index in [4.69, 9.17) is 14.9 Å². The van der Waals surface area contributed by atoms with E-state index in [1.807, 2.05) is 0 Å². The van der Waals surface area contributed by atoms with Crippen LogP contribution in [0.3, 0.4) is 0 Å². The summed E-state index contributed by atoms with van der Waals surface area (Å²) in [6.07, 6.45) is 2.66. The third kappa shape index (κ3) is 4.31. The molecule has 0 saturated carbocycles. The molecule has 6 nitrogen and oxygen atoms in total. The zero-order chi connectivity index (χ0) is 16.0. The van der Waals surface area contributed by atoms with E-state index < -0.39 is 17.9 Å². The average Bonchev–Trinajstić information content (AvgIpc) is 2.42. The molecule has 0 bridgehead atoms. The Hall–Kier alpha value is -2.89. The van der Waals surface area contributed by atoms with Crippen LogP contribution >= 0.6 is 0 Å². The number of carboxylic acid groups (broad SMARTS) is 2. The van der Waals surface area contributed by atoms with Crippen molar-refractivity contribution in [3.63, 3.8) is 0 Å². The van der Waals surface area contributed by atoms with Crippen molar-refractivity contribution >= 4 is 17.9 Å². The molecule has 0 amide bonds. The minimum Gasteiger partial charge on any atom is -0.478 e. The van der Waals surface area contributed by atoms with Gasteiger partial charge in [-0.1, -0.05) is 18.7 Å². The molecule has 0 saturated heterocycles. The Morgan fingerprint density at radius 3 is 2.43 bits per heavy atom. The molecule has 1 rings (SSSR count). The van der Waals surface area contributed by atoms with Crippen LogP contribution in [0.2, 0.25) is 0 Å². The van der Waals surface area contributed by atoms with Gasteiger partial charge >= 0.3 is 17.9 Å². The minimum absolute atomic E-state index is 0.117. The van der Waals surface area contributed by atoms with E-state index in [9.17, 15) is 14.4 Å². The van der Waals surface area contributed by atoms with E-state index in [0.717, 1.165) is 6.26 Å². The lowest BCUT2D eigenvalue weighted by atomic mass is 9.99. The fourth-order valence-electron chi connectivity index (χ4n) is 1.59. The highest BCUT2D eigenvalue weighted by atomic mass is 16.5. The zero-order valence-corrected chi connectivity index (χ0v) is 11.3. The summed E-state index contributed by atoms with van der Waals surface area (Å²) in [4.78, 5) is 33.3. The van der Waals surface area contributed by atoms with Gasteiger partial charge in [0, 0.05) is 5.57 Å². The summed E-state index contributed by atoms with van der Waals surface area (Å²) in [5.41, 5.74) is -0.0167. The number of carbonyl (C=O) groups excluding carboxylic acids is 1. The Balaban J connectivity index is 2.94. The summed E-state index contributed by atoms with van der Waals surface area (Å²) in [7, 11) is 0. The van der Waals surface area contributed by atoms with Crippen LogP contribution in [0.25, 0.3) is 0 Å². The van der Waals surface area contributed by atoms with E-state index in [2.05, 4.69) is 6.58 Å². The van der Waals surface area contributed by atoms with Crippen LogP contribution in [-0.2, 0) is 16.0 Å². The van der Waals surface area contributed by atoms with E-state index in [0.29, 0.717) is 5.56 Å². The van der Waals surface area contributed by atoms with Gasteiger partial charge in [0.25, 0.3) is 0 Å². The second kappa shape index (κ2) is 7.04. The van der Waals surface area contributed by atoms with Crippen molar-refractivity contribution in [3.05, 3.63) is 59.4 Å². The SMILES string of the molecule is C=C(C)C(=O)OC=CCc1cccc(C(=O)O)c1C(=O)O. The fourth-order valence-corrected chi connectivity index (χ4v) is 1.59. The molecule has 0 aliphatic rings. The van der Waals surface area contributed by atoms with Crippen LogP contribution in [0.15, 0.2) is 42.7 Å². The molecule has 0 fully saturated rings. The molecule has 110 valence electrons. The van der Waals surface area contributed by atoms with E-state index in [-0.39, 0.29) is 23.1 Å². The predicted molar refractivity (Wildman–Crippen MR) is 74.1 cm³/mol. The van der Waals surface area contributed by atoms with Crippen LogP contribution in [0, 0.1) is 0 Å². The summed E-state index contributed by atoms with van der Waals surface area (Å²) >= 11 is 0. The normalized spacial score (nSPS) is 10.3. The quantitative estimate of drug-likeness (QED) is 0.473. The van der Waals surface area contributed by atoms with Crippen LogP contribution in [0.5, 0.6) is 0 Å². The molecule has 2 N–H and O–H groups in total. The second-order valence-electron chi connectivity index (χ2n) is 4.21. The van der Waals surface area contributed by atoms with Crippen LogP contribution in [-0.4, -0.2) is 28.1 Å². The Kier molecular flexibility index (Phi) is 5.42. The number of esters is 1. The maximum Gasteiger partial charge on any atom is 0.337 e. The average molecular weight is 290 g/mol. The molecule has 1 aromatic carbocycles. The summed E-state index contributed by atoms with van der Waals surface area (Å²) in [6.45, 7) is 4.90. The van der Waals surface area contributed by atoms with Gasteiger partial charge in [0.15, 0.2) is 0 Å². The zero-order valence-electron chi connectivity index (χ0n) is 11.3. The first-order valence-corrected chi connectivity index (χ1v) is 5.94. The number of aromatic carboxylic acids is 2. The minimum atomic E-state index is -1.32. The third-order valence-corrected chi connectivity index (χ3v) is 2.55. The summed E-state index contributed by atoms with van der Waals surface area (Å²) < 4.78 is 4.72. The summed E-state index contributed by atoms with van der Waals surface area (Å²) in [5.74, 6) is -3.23. The molecule has 0 heterocycles. The third-order valence-electron chi connectivity index (χ3n) is 2.55. The molecule has 0 radical (unpaired) electrons. The first kappa shape index (κ1) is 16.2. The van der Waals surface area contributed by atoms with Crippen LogP contribution in [0.4, 0.5) is 0 Å². The monoisotopic (exact) mass is 290 g/mol. The number of hydrogen-bond acceptors (Lipinski definition) is 4. The van der Waals surface area contributed by atoms with Gasteiger partial charge in [-0.2, -0.15) is 0 Å². The lowest BCUT2D eigenvalue weighted by Gasteiger charge is -2.06. The highest BCUT2D eigenvalue weighted by molar-refractivity contribution is 6.02. The Bertz CT molecular complexity index is 627. The van der Waals surface area contributed by atoms with Crippen molar-refractivity contribution in [1.82, 2.24) is 0 Å². The van der Waals surface area contributed by atoms with Gasteiger partial charge in [-0.15, -0.1) is 0 Å². The summed E-state index contributed by atoms with van der Waals surface area (Å²) in [5, 5.41) is 18.1. The number of carbonyl (C=O) groups is 3. The molecule has 0 unspecified atom stereocenters. The number of benzene rings is 1. The molecular weight excluding hydrogens is 276 g/mol. The molecule has 1 aromatic rings. The van der Waals surface area contributed by atoms with Gasteiger partial charge in [0.05, 0.1) is 17.4 Å². The molecule has 0 spiro atoms. The van der Waals surface area contributed by atoms with Crippen molar-refractivity contribution < 1.29 is 29.3 Å². The molecule has 0 atom stereocenters. The van der Waals surface area contributed by atoms with Gasteiger partial charge in [-0.05, 0) is 31.1 Å². The standard InChI is InChI=1S/C15H14O6/c1-9(2)15(20)21-8-4-6-10-5-3-7-11(13(16)17)12(10)14(18)19/h3-5,7-8H,1,6H2,2H3,(H,16,17)(H,18,19). The Labute approximate surface area is 121 Å². The topological polar surface area (TPSA) is 101 Å². The predicted octanol–water partition coefficient (Wildman–Crippen LogP) is 2.26. The number of allylic oxidation sites excluding steroid dienone is 1. The molecule has 21 heavy (non-hydrogen) atoms. The summed E-state index contributed by atoms with van der Waals surface area (Å²) in [6, 6.07) is 4.18. The van der Waals surface area contributed by atoms with E-state index in [1.165, 1.54) is 31.2 Å². The molecule has 0 aliphatic heterocycles. The maximum absolute atomic E-state index is 11.2. The highest BCUT2D eigenvalue weighted by Crippen LogP contribution is 2.16. The van der Waals surface area contributed by atoms with Gasteiger partial charge < -0.3 is 14.9 Å². The van der Waals surface area contributed by atoms with Gasteiger partial charge in [0.1, 0.15) is 0 Å². The van der Waals surface area contributed by atoms with E-state index >= 15 is 0 Å².